The van der Waals surface area contributed by atoms with Crippen LogP contribution in [-0.2, 0) is 0 Å². The monoisotopic (exact) mass is 376 g/mol. The van der Waals surface area contributed by atoms with Crippen molar-refractivity contribution in [3.63, 3.8) is 0 Å². The van der Waals surface area contributed by atoms with E-state index in [1.807, 2.05) is 30.5 Å². The summed E-state index contributed by atoms with van der Waals surface area (Å²) in [6, 6.07) is 16.0. The molecule has 0 spiro atoms. The summed E-state index contributed by atoms with van der Waals surface area (Å²) in [7, 11) is 1.65. The van der Waals surface area contributed by atoms with Crippen LogP contribution in [0.4, 0.5) is 11.4 Å². The molecule has 0 bridgehead atoms. The molecule has 3 aromatic rings. The zero-order chi connectivity index (χ0) is 19.5. The van der Waals surface area contributed by atoms with Gasteiger partial charge in [-0.25, -0.2) is 0 Å². The molecule has 0 radical (unpaired) electrons. The van der Waals surface area contributed by atoms with Gasteiger partial charge in [-0.15, -0.1) is 0 Å². The average Bonchev–Trinajstić information content (AvgIpc) is 3.38. The van der Waals surface area contributed by atoms with E-state index in [4.69, 9.17) is 4.74 Å². The molecule has 0 saturated carbocycles. The number of nitrogens with one attached hydrogen (secondary N) is 2. The zero-order valence-corrected chi connectivity index (χ0v) is 15.8. The van der Waals surface area contributed by atoms with Crippen molar-refractivity contribution in [1.82, 2.24) is 10.2 Å². The maximum absolute atomic E-state index is 9.92. The second-order valence-electron chi connectivity index (χ2n) is 6.93. The van der Waals surface area contributed by atoms with Crippen molar-refractivity contribution in [1.29, 1.82) is 0 Å². The van der Waals surface area contributed by atoms with E-state index in [2.05, 4.69) is 51.3 Å². The molecular weight excluding hydrogens is 352 g/mol. The molecule has 2 atom stereocenters. The molecule has 2 heterocycles. The van der Waals surface area contributed by atoms with Crippen molar-refractivity contribution in [3.05, 3.63) is 73.2 Å². The van der Waals surface area contributed by atoms with Gasteiger partial charge < -0.3 is 20.1 Å². The van der Waals surface area contributed by atoms with Crippen molar-refractivity contribution in [2.75, 3.05) is 30.5 Å². The van der Waals surface area contributed by atoms with Crippen LogP contribution in [0, 0.1) is 5.92 Å². The lowest BCUT2D eigenvalue weighted by Crippen LogP contribution is -2.28. The highest BCUT2D eigenvalue weighted by molar-refractivity contribution is 5.67. The van der Waals surface area contributed by atoms with Crippen LogP contribution in [0.25, 0.3) is 11.1 Å². The van der Waals surface area contributed by atoms with Gasteiger partial charge in [-0.05, 0) is 29.8 Å². The molecule has 3 N–H and O–H groups in total. The highest BCUT2D eigenvalue weighted by atomic mass is 16.5. The Morgan fingerprint density at radius 3 is 2.75 bits per heavy atom. The van der Waals surface area contributed by atoms with Crippen LogP contribution in [0.15, 0.2) is 73.2 Å². The van der Waals surface area contributed by atoms with E-state index >= 15 is 0 Å². The molecule has 0 amide bonds. The zero-order valence-electron chi connectivity index (χ0n) is 15.8. The number of benzene rings is 2. The van der Waals surface area contributed by atoms with Gasteiger partial charge >= 0.3 is 0 Å². The topological polar surface area (TPSA) is 73.4 Å². The molecule has 144 valence electrons. The number of hydrogen-bond acceptors (Lipinski definition) is 5. The molecule has 0 unspecified atom stereocenters. The van der Waals surface area contributed by atoms with Crippen LogP contribution < -0.4 is 15.0 Å². The summed E-state index contributed by atoms with van der Waals surface area (Å²) in [5.74, 6) is 0.841. The lowest BCUT2D eigenvalue weighted by Gasteiger charge is -2.23. The fraction of sp³-hybridized carbons (Fsp3) is 0.227. The number of aliphatic hydroxyl groups excluding tert-OH is 1. The lowest BCUT2D eigenvalue weighted by molar-refractivity contribution is 0.234. The van der Waals surface area contributed by atoms with Crippen LogP contribution in [-0.4, -0.2) is 41.6 Å². The number of nitrogens with zero attached hydrogens (tertiary/aromatic N) is 2. The van der Waals surface area contributed by atoms with Crippen molar-refractivity contribution < 1.29 is 9.84 Å². The maximum Gasteiger partial charge on any atom is 0.120 e. The highest BCUT2D eigenvalue weighted by Crippen LogP contribution is 2.34. The summed E-state index contributed by atoms with van der Waals surface area (Å²) >= 11 is 0. The number of rotatable bonds is 6. The molecule has 1 aliphatic rings. The normalized spacial score (nSPS) is 19.1. The van der Waals surface area contributed by atoms with Gasteiger partial charge in [0, 0.05) is 54.0 Å². The van der Waals surface area contributed by atoms with Gasteiger partial charge in [-0.2, -0.15) is 5.10 Å². The van der Waals surface area contributed by atoms with E-state index in [1.54, 1.807) is 13.3 Å². The fourth-order valence-corrected chi connectivity index (χ4v) is 3.67. The maximum atomic E-state index is 9.92. The van der Waals surface area contributed by atoms with Crippen LogP contribution >= 0.6 is 0 Å². The SMILES string of the molecule is C=C1[C@@H](Nc2cccc(OC)c2)[C@H](CO)CN1c1ccc(-c2cn[nH]c2)cc1. The van der Waals surface area contributed by atoms with Crippen molar-refractivity contribution >= 4 is 11.4 Å². The molecular formula is C22H24N4O2. The first-order valence-electron chi connectivity index (χ1n) is 9.26. The molecule has 1 saturated heterocycles. The van der Waals surface area contributed by atoms with E-state index in [9.17, 15) is 5.11 Å². The number of hydrogen-bond donors (Lipinski definition) is 3. The number of methoxy groups -OCH3 is 1. The van der Waals surface area contributed by atoms with Gasteiger partial charge in [0.05, 0.1) is 19.3 Å². The average molecular weight is 376 g/mol. The number of aromatic amines is 1. The van der Waals surface area contributed by atoms with E-state index in [0.717, 1.165) is 33.9 Å². The number of H-pyrrole nitrogens is 1. The third-order valence-corrected chi connectivity index (χ3v) is 5.23. The Hall–Kier alpha value is -3.25. The summed E-state index contributed by atoms with van der Waals surface area (Å²) in [6.45, 7) is 5.11. The van der Waals surface area contributed by atoms with E-state index < -0.39 is 0 Å². The predicted octanol–water partition coefficient (Wildman–Crippen LogP) is 3.51. The summed E-state index contributed by atoms with van der Waals surface area (Å²) < 4.78 is 5.30. The van der Waals surface area contributed by atoms with Crippen LogP contribution in [0.3, 0.4) is 0 Å². The minimum atomic E-state index is -0.0503. The van der Waals surface area contributed by atoms with Gasteiger partial charge in [0.15, 0.2) is 0 Å². The molecule has 6 nitrogen and oxygen atoms in total. The fourth-order valence-electron chi connectivity index (χ4n) is 3.67. The Labute approximate surface area is 164 Å². The standard InChI is InChI=1S/C22H24N4O2/c1-15-22(25-19-4-3-5-21(10-19)28-2)18(14-27)13-26(15)20-8-6-16(7-9-20)17-11-23-24-12-17/h3-12,18,22,25,27H,1,13-14H2,2H3,(H,23,24)/t18-,22+/m0/s1. The van der Waals surface area contributed by atoms with Crippen LogP contribution in [0.5, 0.6) is 5.75 Å². The summed E-state index contributed by atoms with van der Waals surface area (Å²) in [6.07, 6.45) is 3.68. The molecule has 4 rings (SSSR count). The smallest absolute Gasteiger partial charge is 0.120 e. The largest absolute Gasteiger partial charge is 0.497 e. The molecule has 2 aromatic carbocycles. The molecule has 28 heavy (non-hydrogen) atoms. The van der Waals surface area contributed by atoms with E-state index in [-0.39, 0.29) is 18.6 Å². The predicted molar refractivity (Wildman–Crippen MR) is 111 cm³/mol. The first-order valence-corrected chi connectivity index (χ1v) is 9.26. The van der Waals surface area contributed by atoms with Gasteiger partial charge in [0.25, 0.3) is 0 Å². The third-order valence-electron chi connectivity index (χ3n) is 5.23. The molecule has 1 fully saturated rings. The van der Waals surface area contributed by atoms with E-state index in [1.165, 1.54) is 0 Å². The second-order valence-corrected chi connectivity index (χ2v) is 6.93. The van der Waals surface area contributed by atoms with E-state index in [0.29, 0.717) is 6.54 Å². The van der Waals surface area contributed by atoms with Gasteiger partial charge in [0.1, 0.15) is 5.75 Å². The first-order chi connectivity index (χ1) is 13.7. The van der Waals surface area contributed by atoms with Crippen molar-refractivity contribution in [2.24, 2.45) is 5.92 Å². The third kappa shape index (κ3) is 3.46. The Morgan fingerprint density at radius 1 is 1.25 bits per heavy atom. The summed E-state index contributed by atoms with van der Waals surface area (Å²) in [4.78, 5) is 2.16. The number of aromatic nitrogens is 2. The number of anilines is 2. The Balaban J connectivity index is 1.54. The van der Waals surface area contributed by atoms with Crippen LogP contribution in [0.2, 0.25) is 0 Å². The Bertz CT molecular complexity index is 937. The summed E-state index contributed by atoms with van der Waals surface area (Å²) in [5, 5.41) is 20.3. The lowest BCUT2D eigenvalue weighted by atomic mass is 10.0. The highest BCUT2D eigenvalue weighted by Gasteiger charge is 2.36. The Morgan fingerprint density at radius 2 is 2.07 bits per heavy atom. The molecule has 0 aliphatic carbocycles. The van der Waals surface area contributed by atoms with Crippen LogP contribution in [0.1, 0.15) is 0 Å². The van der Waals surface area contributed by atoms with Gasteiger partial charge in [-0.1, -0.05) is 24.8 Å². The van der Waals surface area contributed by atoms with Gasteiger partial charge in [-0.3, -0.25) is 5.10 Å². The number of ether oxygens (including phenoxy) is 1. The first kappa shape index (κ1) is 18.1. The minimum absolute atomic E-state index is 0.0484. The summed E-state index contributed by atoms with van der Waals surface area (Å²) in [5.41, 5.74) is 5.11. The molecule has 1 aromatic heterocycles. The second kappa shape index (κ2) is 7.78. The number of aliphatic hydroxyl groups is 1. The minimum Gasteiger partial charge on any atom is -0.497 e. The van der Waals surface area contributed by atoms with Crippen molar-refractivity contribution in [2.45, 2.75) is 6.04 Å². The molecule has 6 heteroatoms. The Kier molecular flexibility index (Phi) is 5.04. The quantitative estimate of drug-likeness (QED) is 0.614. The van der Waals surface area contributed by atoms with Crippen molar-refractivity contribution in [3.8, 4) is 16.9 Å². The molecule has 1 aliphatic heterocycles. The van der Waals surface area contributed by atoms with Gasteiger partial charge in [0.2, 0.25) is 0 Å².